The predicted octanol–water partition coefficient (Wildman–Crippen LogP) is 2.26. The molecular formula is C13H20F2N4O. The number of imidazole rings is 1. The van der Waals surface area contributed by atoms with E-state index >= 15 is 0 Å². The molecule has 1 aromatic heterocycles. The molecule has 1 N–H and O–H groups in total. The Labute approximate surface area is 117 Å². The second kappa shape index (κ2) is 6.67. The zero-order valence-electron chi connectivity index (χ0n) is 11.6. The molecule has 0 aliphatic carbocycles. The Balaban J connectivity index is 1.77. The number of aromatic nitrogens is 2. The number of amides is 2. The smallest absolute Gasteiger partial charge is 0.319 e. The van der Waals surface area contributed by atoms with Crippen molar-refractivity contribution in [3.05, 3.63) is 18.2 Å². The third-order valence-electron chi connectivity index (χ3n) is 3.53. The first kappa shape index (κ1) is 14.7. The number of rotatable bonds is 4. The van der Waals surface area contributed by atoms with Crippen LogP contribution in [0.4, 0.5) is 13.6 Å². The van der Waals surface area contributed by atoms with Gasteiger partial charge in [0.05, 0.1) is 0 Å². The maximum atomic E-state index is 12.6. The number of hydrogen-bond acceptors (Lipinski definition) is 2. The Hall–Kier alpha value is -1.66. The number of carbonyl (C=O) groups excluding carboxylic acids is 1. The Morgan fingerprint density at radius 2 is 2.40 bits per heavy atom. The average Bonchev–Trinajstić information content (AvgIpc) is 2.87. The van der Waals surface area contributed by atoms with Gasteiger partial charge in [0, 0.05) is 38.4 Å². The molecule has 2 rings (SSSR count). The van der Waals surface area contributed by atoms with Crippen LogP contribution in [0.1, 0.15) is 32.1 Å². The number of piperidine rings is 1. The molecule has 0 bridgehead atoms. The molecule has 1 saturated heterocycles. The standard InChI is InChI=1S/C13H20F2N4O/c1-10-3-2-7-18(9-10)13(20)17-5-4-11-16-6-8-19(11)12(14)15/h6,8,10,12H,2-5,7,9H2,1H3,(H,17,20)/t10-/m0/s1. The minimum Gasteiger partial charge on any atom is -0.338 e. The van der Waals surface area contributed by atoms with Crippen LogP contribution in [-0.4, -0.2) is 40.1 Å². The average molecular weight is 286 g/mol. The monoisotopic (exact) mass is 286 g/mol. The molecule has 0 unspecified atom stereocenters. The van der Waals surface area contributed by atoms with Crippen molar-refractivity contribution >= 4 is 6.03 Å². The number of nitrogens with one attached hydrogen (secondary N) is 1. The van der Waals surface area contributed by atoms with E-state index in [0.29, 0.717) is 18.9 Å². The molecule has 1 aliphatic heterocycles. The molecule has 0 aromatic carbocycles. The number of carbonyl (C=O) groups is 1. The summed E-state index contributed by atoms with van der Waals surface area (Å²) in [6.07, 6.45) is 5.05. The summed E-state index contributed by atoms with van der Waals surface area (Å²) in [5.74, 6) is 0.805. The van der Waals surface area contributed by atoms with E-state index in [4.69, 9.17) is 0 Å². The molecule has 112 valence electrons. The van der Waals surface area contributed by atoms with Gasteiger partial charge >= 0.3 is 12.6 Å². The lowest BCUT2D eigenvalue weighted by atomic mass is 10.0. The number of hydrogen-bond donors (Lipinski definition) is 1. The lowest BCUT2D eigenvalue weighted by Crippen LogP contribution is -2.45. The maximum Gasteiger partial charge on any atom is 0.319 e. The molecule has 0 saturated carbocycles. The quantitative estimate of drug-likeness (QED) is 0.923. The molecule has 20 heavy (non-hydrogen) atoms. The first-order valence-electron chi connectivity index (χ1n) is 6.90. The van der Waals surface area contributed by atoms with Gasteiger partial charge < -0.3 is 10.2 Å². The molecule has 1 atom stereocenters. The summed E-state index contributed by atoms with van der Waals surface area (Å²) in [5.41, 5.74) is 0. The van der Waals surface area contributed by atoms with Crippen LogP contribution in [0.3, 0.4) is 0 Å². The fourth-order valence-electron chi connectivity index (χ4n) is 2.48. The van der Waals surface area contributed by atoms with E-state index in [1.165, 1.54) is 12.4 Å². The zero-order chi connectivity index (χ0) is 14.5. The van der Waals surface area contributed by atoms with Crippen LogP contribution in [0.2, 0.25) is 0 Å². The molecule has 1 aliphatic rings. The first-order valence-corrected chi connectivity index (χ1v) is 6.90. The highest BCUT2D eigenvalue weighted by Crippen LogP contribution is 2.15. The van der Waals surface area contributed by atoms with Crippen molar-refractivity contribution in [1.29, 1.82) is 0 Å². The predicted molar refractivity (Wildman–Crippen MR) is 70.6 cm³/mol. The number of halogens is 2. The van der Waals surface area contributed by atoms with E-state index in [0.717, 1.165) is 30.5 Å². The zero-order valence-corrected chi connectivity index (χ0v) is 11.6. The van der Waals surface area contributed by atoms with Crippen LogP contribution >= 0.6 is 0 Å². The first-order chi connectivity index (χ1) is 9.58. The van der Waals surface area contributed by atoms with Gasteiger partial charge in [-0.15, -0.1) is 0 Å². The molecule has 2 amide bonds. The van der Waals surface area contributed by atoms with Gasteiger partial charge in [-0.3, -0.25) is 4.57 Å². The van der Waals surface area contributed by atoms with Gasteiger partial charge in [0.25, 0.3) is 0 Å². The SMILES string of the molecule is C[C@H]1CCCN(C(=O)NCCc2nccn2C(F)F)C1. The number of alkyl halides is 2. The normalized spacial score (nSPS) is 19.4. The van der Waals surface area contributed by atoms with Crippen molar-refractivity contribution in [2.75, 3.05) is 19.6 Å². The van der Waals surface area contributed by atoms with Crippen molar-refractivity contribution in [1.82, 2.24) is 19.8 Å². The highest BCUT2D eigenvalue weighted by atomic mass is 19.3. The highest BCUT2D eigenvalue weighted by molar-refractivity contribution is 5.74. The fourth-order valence-corrected chi connectivity index (χ4v) is 2.48. The van der Waals surface area contributed by atoms with Crippen LogP contribution in [-0.2, 0) is 6.42 Å². The Bertz CT molecular complexity index is 449. The summed E-state index contributed by atoms with van der Waals surface area (Å²) < 4.78 is 26.0. The summed E-state index contributed by atoms with van der Waals surface area (Å²) >= 11 is 0. The lowest BCUT2D eigenvalue weighted by molar-refractivity contribution is 0.0670. The molecular weight excluding hydrogens is 266 g/mol. The van der Waals surface area contributed by atoms with Gasteiger partial charge in [-0.1, -0.05) is 6.92 Å². The van der Waals surface area contributed by atoms with E-state index in [9.17, 15) is 13.6 Å². The van der Waals surface area contributed by atoms with Crippen LogP contribution in [0.5, 0.6) is 0 Å². The summed E-state index contributed by atoms with van der Waals surface area (Å²) in [4.78, 5) is 17.6. The Kier molecular flexibility index (Phi) is 4.92. The largest absolute Gasteiger partial charge is 0.338 e. The van der Waals surface area contributed by atoms with E-state index in [1.807, 2.05) is 0 Å². The summed E-state index contributed by atoms with van der Waals surface area (Å²) in [7, 11) is 0. The molecule has 0 radical (unpaired) electrons. The summed E-state index contributed by atoms with van der Waals surface area (Å²) in [6.45, 7) is 1.37. The van der Waals surface area contributed by atoms with E-state index in [-0.39, 0.29) is 11.9 Å². The van der Waals surface area contributed by atoms with Gasteiger partial charge in [0.15, 0.2) is 0 Å². The van der Waals surface area contributed by atoms with Crippen LogP contribution in [0.15, 0.2) is 12.4 Å². The topological polar surface area (TPSA) is 50.2 Å². The van der Waals surface area contributed by atoms with Crippen molar-refractivity contribution < 1.29 is 13.6 Å². The minimum atomic E-state index is -2.59. The summed E-state index contributed by atoms with van der Waals surface area (Å²) in [5, 5.41) is 2.77. The number of likely N-dealkylation sites (tertiary alicyclic amines) is 1. The number of nitrogens with zero attached hydrogens (tertiary/aromatic N) is 3. The van der Waals surface area contributed by atoms with Crippen LogP contribution in [0, 0.1) is 5.92 Å². The molecule has 7 heteroatoms. The molecule has 2 heterocycles. The molecule has 1 fully saturated rings. The van der Waals surface area contributed by atoms with Crippen molar-refractivity contribution in [2.45, 2.75) is 32.7 Å². The molecule has 5 nitrogen and oxygen atoms in total. The maximum absolute atomic E-state index is 12.6. The molecule has 0 spiro atoms. The van der Waals surface area contributed by atoms with E-state index in [1.54, 1.807) is 4.90 Å². The third-order valence-corrected chi connectivity index (χ3v) is 3.53. The van der Waals surface area contributed by atoms with E-state index in [2.05, 4.69) is 17.2 Å². The van der Waals surface area contributed by atoms with Crippen LogP contribution in [0.25, 0.3) is 0 Å². The number of urea groups is 1. The molecule has 1 aromatic rings. The van der Waals surface area contributed by atoms with Crippen LogP contribution < -0.4 is 5.32 Å². The fraction of sp³-hybridized carbons (Fsp3) is 0.692. The van der Waals surface area contributed by atoms with Gasteiger partial charge in [-0.2, -0.15) is 8.78 Å². The van der Waals surface area contributed by atoms with Crippen molar-refractivity contribution in [3.63, 3.8) is 0 Å². The Morgan fingerprint density at radius 3 is 3.10 bits per heavy atom. The second-order valence-electron chi connectivity index (χ2n) is 5.20. The van der Waals surface area contributed by atoms with E-state index < -0.39 is 6.55 Å². The van der Waals surface area contributed by atoms with Gasteiger partial charge in [-0.05, 0) is 18.8 Å². The lowest BCUT2D eigenvalue weighted by Gasteiger charge is -2.30. The van der Waals surface area contributed by atoms with Crippen molar-refractivity contribution in [3.8, 4) is 0 Å². The second-order valence-corrected chi connectivity index (χ2v) is 5.20. The summed E-state index contributed by atoms with van der Waals surface area (Å²) in [6, 6.07) is -0.119. The minimum absolute atomic E-state index is 0.119. The van der Waals surface area contributed by atoms with Gasteiger partial charge in [0.2, 0.25) is 0 Å². The third kappa shape index (κ3) is 3.68. The highest BCUT2D eigenvalue weighted by Gasteiger charge is 2.20. The van der Waals surface area contributed by atoms with Crippen molar-refractivity contribution in [2.24, 2.45) is 5.92 Å². The Morgan fingerprint density at radius 1 is 1.60 bits per heavy atom. The van der Waals surface area contributed by atoms with Gasteiger partial charge in [-0.25, -0.2) is 9.78 Å². The van der Waals surface area contributed by atoms with Gasteiger partial charge in [0.1, 0.15) is 5.82 Å².